The van der Waals surface area contributed by atoms with Gasteiger partial charge in [0.15, 0.2) is 0 Å². The number of nitrogens with one attached hydrogen (secondary N) is 2. The Bertz CT molecular complexity index is 960. The lowest BCUT2D eigenvalue weighted by molar-refractivity contribution is -0.384. The molecule has 26 heavy (non-hydrogen) atoms. The van der Waals surface area contributed by atoms with E-state index in [4.69, 9.17) is 23.2 Å². The van der Waals surface area contributed by atoms with Crippen molar-refractivity contribution >= 4 is 56.1 Å². The van der Waals surface area contributed by atoms with Gasteiger partial charge in [0.25, 0.3) is 0 Å². The summed E-state index contributed by atoms with van der Waals surface area (Å²) in [6.07, 6.45) is 0.969. The number of rotatable bonds is 5. The van der Waals surface area contributed by atoms with Gasteiger partial charge in [-0.05, 0) is 50.6 Å². The molecule has 12 heteroatoms. The van der Waals surface area contributed by atoms with Gasteiger partial charge >= 0.3 is 5.69 Å². The number of halogens is 2. The molecule has 2 rings (SSSR count). The Hall–Kier alpha value is -2.17. The van der Waals surface area contributed by atoms with Crippen LogP contribution in [0, 0.1) is 10.1 Å². The third-order valence-corrected chi connectivity index (χ3v) is 5.83. The van der Waals surface area contributed by atoms with Crippen molar-refractivity contribution in [1.82, 2.24) is 9.97 Å². The maximum absolute atomic E-state index is 12.3. The second kappa shape index (κ2) is 7.22. The average Bonchev–Trinajstić information content (AvgIpc) is 2.49. The lowest BCUT2D eigenvalue weighted by Gasteiger charge is -2.21. The van der Waals surface area contributed by atoms with Gasteiger partial charge in [0.2, 0.25) is 21.1 Å². The number of anilines is 3. The number of sulfonamides is 1. The first-order valence-electron chi connectivity index (χ1n) is 7.16. The largest absolute Gasteiger partial charge is 0.334 e. The van der Waals surface area contributed by atoms with E-state index in [0.29, 0.717) is 5.69 Å². The molecule has 2 N–H and O–H groups in total. The molecule has 2 aromatic rings. The van der Waals surface area contributed by atoms with Crippen molar-refractivity contribution in [3.8, 4) is 0 Å². The van der Waals surface area contributed by atoms with Gasteiger partial charge in [0, 0.05) is 5.69 Å². The van der Waals surface area contributed by atoms with Crippen LogP contribution >= 0.6 is 23.2 Å². The molecule has 0 unspecified atom stereocenters. The Morgan fingerprint density at radius 2 is 1.88 bits per heavy atom. The summed E-state index contributed by atoms with van der Waals surface area (Å²) in [5.74, 6) is -0.137. The summed E-state index contributed by atoms with van der Waals surface area (Å²) < 4.78 is 26.0. The number of hydrogen-bond acceptors (Lipinski definition) is 7. The van der Waals surface area contributed by atoms with Gasteiger partial charge in [0.1, 0.15) is 6.20 Å². The van der Waals surface area contributed by atoms with Gasteiger partial charge < -0.3 is 5.32 Å². The van der Waals surface area contributed by atoms with Gasteiger partial charge in [-0.1, -0.05) is 11.6 Å². The zero-order chi connectivity index (χ0) is 19.7. The molecule has 0 amide bonds. The first-order valence-corrected chi connectivity index (χ1v) is 9.40. The topological polar surface area (TPSA) is 127 Å². The molecular formula is C14H15Cl2N5O4S. The summed E-state index contributed by atoms with van der Waals surface area (Å²) in [6, 6.07) is 4.35. The zero-order valence-corrected chi connectivity index (χ0v) is 16.3. The third-order valence-electron chi connectivity index (χ3n) is 3.22. The minimum Gasteiger partial charge on any atom is -0.334 e. The van der Waals surface area contributed by atoms with E-state index in [-0.39, 0.29) is 27.5 Å². The average molecular weight is 420 g/mol. The lowest BCUT2D eigenvalue weighted by atomic mass is 10.2. The Morgan fingerprint density at radius 3 is 2.46 bits per heavy atom. The zero-order valence-electron chi connectivity index (χ0n) is 13.9. The SMILES string of the molecule is CC(C)(C)S(=O)(=O)Nc1cc(Nc2nc(Cl)ncc2[N+](=O)[O-])ccc1Cl. The van der Waals surface area contributed by atoms with Crippen LogP contribution in [0.3, 0.4) is 0 Å². The van der Waals surface area contributed by atoms with Crippen molar-refractivity contribution in [2.45, 2.75) is 25.5 Å². The second-order valence-electron chi connectivity index (χ2n) is 6.17. The van der Waals surface area contributed by atoms with E-state index in [2.05, 4.69) is 20.0 Å². The summed E-state index contributed by atoms with van der Waals surface area (Å²) in [5, 5.41) is 13.8. The van der Waals surface area contributed by atoms with Gasteiger partial charge in [-0.3, -0.25) is 14.8 Å². The molecule has 0 aliphatic rings. The fraction of sp³-hybridized carbons (Fsp3) is 0.286. The monoisotopic (exact) mass is 419 g/mol. The Balaban J connectivity index is 2.40. The van der Waals surface area contributed by atoms with E-state index >= 15 is 0 Å². The van der Waals surface area contributed by atoms with Gasteiger partial charge in [-0.15, -0.1) is 0 Å². The van der Waals surface area contributed by atoms with Crippen LogP contribution in [0.4, 0.5) is 22.9 Å². The van der Waals surface area contributed by atoms with Crippen LogP contribution < -0.4 is 10.0 Å². The summed E-state index contributed by atoms with van der Waals surface area (Å²) in [6.45, 7) is 4.62. The molecule has 0 fully saturated rings. The van der Waals surface area contributed by atoms with Crippen LogP contribution in [-0.4, -0.2) is 28.1 Å². The van der Waals surface area contributed by atoms with Crippen molar-refractivity contribution < 1.29 is 13.3 Å². The third kappa shape index (κ3) is 4.51. The molecule has 1 aromatic carbocycles. The van der Waals surface area contributed by atoms with Crippen molar-refractivity contribution in [2.75, 3.05) is 10.0 Å². The van der Waals surface area contributed by atoms with Crippen molar-refractivity contribution in [3.05, 3.63) is 44.8 Å². The molecular weight excluding hydrogens is 405 g/mol. The fourth-order valence-electron chi connectivity index (χ4n) is 1.70. The minimum absolute atomic E-state index is 0.120. The van der Waals surface area contributed by atoms with Crippen LogP contribution in [0.15, 0.2) is 24.4 Å². The number of nitro groups is 1. The highest BCUT2D eigenvalue weighted by Crippen LogP contribution is 2.32. The maximum atomic E-state index is 12.3. The normalized spacial score (nSPS) is 11.9. The summed E-state index contributed by atoms with van der Waals surface area (Å²) in [5.41, 5.74) is 0.0504. The predicted molar refractivity (Wildman–Crippen MR) is 101 cm³/mol. The summed E-state index contributed by atoms with van der Waals surface area (Å²) in [7, 11) is -3.71. The first-order chi connectivity index (χ1) is 11.9. The smallest absolute Gasteiger partial charge is 0.329 e. The van der Waals surface area contributed by atoms with Gasteiger partial charge in [-0.25, -0.2) is 13.4 Å². The molecule has 0 aliphatic heterocycles. The quantitative estimate of drug-likeness (QED) is 0.426. The molecule has 1 heterocycles. The van der Waals surface area contributed by atoms with Crippen LogP contribution in [0.2, 0.25) is 10.3 Å². The molecule has 0 bridgehead atoms. The Labute approximate surface area is 160 Å². The number of benzene rings is 1. The van der Waals surface area contributed by atoms with E-state index in [0.717, 1.165) is 6.20 Å². The van der Waals surface area contributed by atoms with Crippen LogP contribution in [0.5, 0.6) is 0 Å². The van der Waals surface area contributed by atoms with Crippen molar-refractivity contribution in [3.63, 3.8) is 0 Å². The van der Waals surface area contributed by atoms with E-state index in [9.17, 15) is 18.5 Å². The highest BCUT2D eigenvalue weighted by molar-refractivity contribution is 7.94. The summed E-state index contributed by atoms with van der Waals surface area (Å²) >= 11 is 11.7. The fourth-order valence-corrected chi connectivity index (χ4v) is 2.81. The van der Waals surface area contributed by atoms with Crippen molar-refractivity contribution in [2.24, 2.45) is 0 Å². The molecule has 0 atom stereocenters. The molecule has 0 aliphatic carbocycles. The summed E-state index contributed by atoms with van der Waals surface area (Å²) in [4.78, 5) is 17.8. The number of hydrogen-bond donors (Lipinski definition) is 2. The van der Waals surface area contributed by atoms with E-state index in [1.807, 2.05) is 0 Å². The standard InChI is InChI=1S/C14H15Cl2N5O4S/c1-14(2,3)26(24,25)20-10-6-8(4-5-9(10)15)18-12-11(21(22)23)7-17-13(16)19-12/h4-7,20H,1-3H3,(H,17,18,19). The molecule has 0 saturated heterocycles. The van der Waals surface area contributed by atoms with E-state index in [1.54, 1.807) is 0 Å². The highest BCUT2D eigenvalue weighted by Gasteiger charge is 2.29. The number of aromatic nitrogens is 2. The van der Waals surface area contributed by atoms with Crippen LogP contribution in [0.25, 0.3) is 0 Å². The maximum Gasteiger partial charge on any atom is 0.329 e. The van der Waals surface area contributed by atoms with Crippen molar-refractivity contribution in [1.29, 1.82) is 0 Å². The highest BCUT2D eigenvalue weighted by atomic mass is 35.5. The van der Waals surface area contributed by atoms with E-state index < -0.39 is 19.7 Å². The number of nitrogens with zero attached hydrogens (tertiary/aromatic N) is 3. The second-order valence-corrected chi connectivity index (χ2v) is 9.35. The Morgan fingerprint density at radius 1 is 1.23 bits per heavy atom. The molecule has 0 spiro atoms. The molecule has 1 aromatic heterocycles. The predicted octanol–water partition coefficient (Wildman–Crippen LogP) is 3.98. The molecule has 0 saturated carbocycles. The van der Waals surface area contributed by atoms with Gasteiger partial charge in [0.05, 0.1) is 20.4 Å². The minimum atomic E-state index is -3.71. The molecule has 9 nitrogen and oxygen atoms in total. The lowest BCUT2D eigenvalue weighted by Crippen LogP contribution is -2.33. The first kappa shape index (κ1) is 20.1. The van der Waals surface area contributed by atoms with Crippen LogP contribution in [-0.2, 0) is 10.0 Å². The van der Waals surface area contributed by atoms with Gasteiger partial charge in [-0.2, -0.15) is 4.98 Å². The molecule has 140 valence electrons. The Kier molecular flexibility index (Phi) is 5.59. The van der Waals surface area contributed by atoms with Crippen LogP contribution in [0.1, 0.15) is 20.8 Å². The van der Waals surface area contributed by atoms with E-state index in [1.165, 1.54) is 39.0 Å². The molecule has 0 radical (unpaired) electrons.